The number of anilines is 1. The van der Waals surface area contributed by atoms with E-state index in [9.17, 15) is 19.5 Å². The number of nitrogens with zero attached hydrogens (tertiary/aromatic N) is 1. The lowest BCUT2D eigenvalue weighted by atomic mass is 9.80. The molecule has 0 bridgehead atoms. The molecule has 3 rings (SSSR count). The van der Waals surface area contributed by atoms with Crippen molar-refractivity contribution in [2.24, 2.45) is 5.41 Å². The lowest BCUT2D eigenvalue weighted by Crippen LogP contribution is -2.52. The maximum Gasteiger partial charge on any atom is 0.313 e. The Morgan fingerprint density at radius 1 is 1.36 bits per heavy atom. The van der Waals surface area contributed by atoms with Crippen LogP contribution in [0.2, 0.25) is 0 Å². The molecule has 2 heterocycles. The molecular formula is C18H22N2O5. The number of carbonyl (C=O) groups is 3. The van der Waals surface area contributed by atoms with Gasteiger partial charge in [-0.3, -0.25) is 14.4 Å². The number of carboxylic acids is 1. The fourth-order valence-electron chi connectivity index (χ4n) is 3.63. The Labute approximate surface area is 146 Å². The summed E-state index contributed by atoms with van der Waals surface area (Å²) >= 11 is 0. The first-order valence-electron chi connectivity index (χ1n) is 8.39. The molecule has 0 aliphatic carbocycles. The van der Waals surface area contributed by atoms with Gasteiger partial charge >= 0.3 is 5.97 Å². The van der Waals surface area contributed by atoms with Crippen LogP contribution < -0.4 is 5.32 Å². The predicted octanol–water partition coefficient (Wildman–Crippen LogP) is 1.52. The summed E-state index contributed by atoms with van der Waals surface area (Å²) < 4.78 is 5.11. The normalized spacial score (nSPS) is 22.9. The number of carboxylic acid groups (broad SMARTS) is 1. The quantitative estimate of drug-likeness (QED) is 0.862. The summed E-state index contributed by atoms with van der Waals surface area (Å²) in [4.78, 5) is 37.6. The fraction of sp³-hybridized carbons (Fsp3) is 0.500. The Morgan fingerprint density at radius 3 is 2.88 bits per heavy atom. The van der Waals surface area contributed by atoms with Crippen molar-refractivity contribution in [3.63, 3.8) is 0 Å². The molecule has 0 aromatic heterocycles. The van der Waals surface area contributed by atoms with Crippen molar-refractivity contribution in [1.29, 1.82) is 0 Å². The highest BCUT2D eigenvalue weighted by Crippen LogP contribution is 2.32. The van der Waals surface area contributed by atoms with Gasteiger partial charge in [-0.1, -0.05) is 0 Å². The van der Waals surface area contributed by atoms with Gasteiger partial charge in [0.15, 0.2) is 0 Å². The first-order valence-corrected chi connectivity index (χ1v) is 8.39. The van der Waals surface area contributed by atoms with Gasteiger partial charge in [0.25, 0.3) is 5.91 Å². The maximum atomic E-state index is 12.9. The van der Waals surface area contributed by atoms with Crippen molar-refractivity contribution >= 4 is 23.5 Å². The first-order chi connectivity index (χ1) is 11.9. The molecule has 1 saturated heterocycles. The van der Waals surface area contributed by atoms with E-state index in [1.807, 2.05) is 0 Å². The third-order valence-electron chi connectivity index (χ3n) is 4.99. The predicted molar refractivity (Wildman–Crippen MR) is 90.5 cm³/mol. The number of likely N-dealkylation sites (tertiary alicyclic amines) is 1. The highest BCUT2D eigenvalue weighted by molar-refractivity contribution is 5.98. The molecule has 134 valence electrons. The van der Waals surface area contributed by atoms with E-state index < -0.39 is 11.4 Å². The van der Waals surface area contributed by atoms with Crippen molar-refractivity contribution < 1.29 is 24.2 Å². The number of methoxy groups -OCH3 is 1. The van der Waals surface area contributed by atoms with Crippen molar-refractivity contribution in [1.82, 2.24) is 4.90 Å². The number of ether oxygens (including phenoxy) is 1. The Hall–Kier alpha value is -2.41. The van der Waals surface area contributed by atoms with Crippen LogP contribution in [0.1, 0.15) is 35.2 Å². The van der Waals surface area contributed by atoms with Crippen LogP contribution in [0.15, 0.2) is 18.2 Å². The number of carbonyl (C=O) groups excluding carboxylic acids is 2. The second-order valence-corrected chi connectivity index (χ2v) is 6.77. The molecular weight excluding hydrogens is 324 g/mol. The number of nitrogens with one attached hydrogen (secondary N) is 1. The van der Waals surface area contributed by atoms with Crippen molar-refractivity contribution in [3.8, 4) is 0 Å². The van der Waals surface area contributed by atoms with Crippen LogP contribution in [0.25, 0.3) is 0 Å². The number of rotatable bonds is 4. The smallest absolute Gasteiger partial charge is 0.313 e. The van der Waals surface area contributed by atoms with Gasteiger partial charge in [0.2, 0.25) is 5.91 Å². The molecule has 7 nitrogen and oxygen atoms in total. The molecule has 1 fully saturated rings. The van der Waals surface area contributed by atoms with E-state index in [2.05, 4.69) is 5.32 Å². The monoisotopic (exact) mass is 346 g/mol. The highest BCUT2D eigenvalue weighted by atomic mass is 16.5. The standard InChI is InChI=1S/C18H22N2O5/c1-25-11-18(17(23)24)7-2-8-20(10-18)16(22)13-3-5-14-12(9-13)4-6-15(21)19-14/h3,5,9H,2,4,6-8,10-11H2,1H3,(H,19,21)(H,23,24). The van der Waals surface area contributed by atoms with E-state index in [0.29, 0.717) is 37.8 Å². The molecule has 2 amide bonds. The van der Waals surface area contributed by atoms with Crippen LogP contribution in [0, 0.1) is 5.41 Å². The van der Waals surface area contributed by atoms with Gasteiger partial charge in [0, 0.05) is 37.9 Å². The molecule has 0 saturated carbocycles. The minimum atomic E-state index is -1.05. The second-order valence-electron chi connectivity index (χ2n) is 6.77. The number of amides is 2. The molecule has 2 N–H and O–H groups in total. The molecule has 1 aromatic carbocycles. The zero-order valence-corrected chi connectivity index (χ0v) is 14.2. The topological polar surface area (TPSA) is 95.9 Å². The van der Waals surface area contributed by atoms with Crippen molar-refractivity contribution in [2.75, 3.05) is 32.1 Å². The first kappa shape index (κ1) is 17.4. The van der Waals surface area contributed by atoms with Gasteiger partial charge in [0.1, 0.15) is 5.41 Å². The van der Waals surface area contributed by atoms with Gasteiger partial charge in [-0.25, -0.2) is 0 Å². The molecule has 0 spiro atoms. The van der Waals surface area contributed by atoms with E-state index in [4.69, 9.17) is 4.74 Å². The Kier molecular flexibility index (Phi) is 4.76. The molecule has 2 aliphatic rings. The summed E-state index contributed by atoms with van der Waals surface area (Å²) in [6.07, 6.45) is 2.13. The van der Waals surface area contributed by atoms with Crippen molar-refractivity contribution in [2.45, 2.75) is 25.7 Å². The van der Waals surface area contributed by atoms with E-state index in [1.54, 1.807) is 23.1 Å². The molecule has 25 heavy (non-hydrogen) atoms. The number of piperidine rings is 1. The van der Waals surface area contributed by atoms with Crippen LogP contribution in [0.5, 0.6) is 0 Å². The lowest BCUT2D eigenvalue weighted by molar-refractivity contribution is -0.155. The number of aliphatic carboxylic acids is 1. The van der Waals surface area contributed by atoms with Gasteiger partial charge < -0.3 is 20.1 Å². The number of hydrogen-bond donors (Lipinski definition) is 2. The van der Waals surface area contributed by atoms with E-state index in [1.165, 1.54) is 7.11 Å². The Balaban J connectivity index is 1.81. The summed E-state index contributed by atoms with van der Waals surface area (Å²) in [6.45, 7) is 0.760. The summed E-state index contributed by atoms with van der Waals surface area (Å²) in [6, 6.07) is 5.22. The molecule has 0 radical (unpaired) electrons. The van der Waals surface area contributed by atoms with Crippen LogP contribution >= 0.6 is 0 Å². The van der Waals surface area contributed by atoms with Crippen LogP contribution in [0.4, 0.5) is 5.69 Å². The van der Waals surface area contributed by atoms with Gasteiger partial charge in [-0.05, 0) is 43.0 Å². The third-order valence-corrected chi connectivity index (χ3v) is 4.99. The zero-order valence-electron chi connectivity index (χ0n) is 14.2. The summed E-state index contributed by atoms with van der Waals surface area (Å²) in [7, 11) is 1.48. The number of aryl methyl sites for hydroxylation is 1. The third kappa shape index (κ3) is 3.37. The fourth-order valence-corrected chi connectivity index (χ4v) is 3.63. The molecule has 1 aromatic rings. The Morgan fingerprint density at radius 2 is 2.16 bits per heavy atom. The molecule has 7 heteroatoms. The van der Waals surface area contributed by atoms with Crippen molar-refractivity contribution in [3.05, 3.63) is 29.3 Å². The van der Waals surface area contributed by atoms with Gasteiger partial charge in [0.05, 0.1) is 6.61 Å². The SMILES string of the molecule is COCC1(C(=O)O)CCCN(C(=O)c2ccc3c(c2)CCC(=O)N3)C1. The number of benzene rings is 1. The Bertz CT molecular complexity index is 713. The average molecular weight is 346 g/mol. The summed E-state index contributed by atoms with van der Waals surface area (Å²) in [5.74, 6) is -1.13. The zero-order chi connectivity index (χ0) is 18.0. The van der Waals surface area contributed by atoms with E-state index in [0.717, 1.165) is 11.3 Å². The summed E-state index contributed by atoms with van der Waals surface area (Å²) in [5.41, 5.74) is 1.15. The number of fused-ring (bicyclic) bond motifs is 1. The van der Waals surface area contributed by atoms with Crippen LogP contribution in [-0.2, 0) is 20.7 Å². The van der Waals surface area contributed by atoms with Crippen LogP contribution in [-0.4, -0.2) is 54.6 Å². The molecule has 1 unspecified atom stereocenters. The average Bonchev–Trinajstić information content (AvgIpc) is 2.61. The van der Waals surface area contributed by atoms with E-state index >= 15 is 0 Å². The maximum absolute atomic E-state index is 12.9. The minimum Gasteiger partial charge on any atom is -0.481 e. The summed E-state index contributed by atoms with van der Waals surface area (Å²) in [5, 5.41) is 12.4. The number of hydrogen-bond acceptors (Lipinski definition) is 4. The van der Waals surface area contributed by atoms with Gasteiger partial charge in [-0.15, -0.1) is 0 Å². The molecule has 2 aliphatic heterocycles. The second kappa shape index (κ2) is 6.84. The lowest BCUT2D eigenvalue weighted by Gasteiger charge is -2.39. The molecule has 1 atom stereocenters. The largest absolute Gasteiger partial charge is 0.481 e. The van der Waals surface area contributed by atoms with Crippen LogP contribution in [0.3, 0.4) is 0 Å². The van der Waals surface area contributed by atoms with Gasteiger partial charge in [-0.2, -0.15) is 0 Å². The minimum absolute atomic E-state index is 0.0200. The highest BCUT2D eigenvalue weighted by Gasteiger charge is 2.44. The van der Waals surface area contributed by atoms with E-state index in [-0.39, 0.29) is 25.0 Å².